The van der Waals surface area contributed by atoms with Gasteiger partial charge >= 0.3 is 5.97 Å². The lowest BCUT2D eigenvalue weighted by Gasteiger charge is -2.14. The summed E-state index contributed by atoms with van der Waals surface area (Å²) in [5.74, 6) is -1.08. The predicted molar refractivity (Wildman–Crippen MR) is 52.7 cm³/mol. The summed E-state index contributed by atoms with van der Waals surface area (Å²) in [5, 5.41) is 0. The maximum absolute atomic E-state index is 11.5. The third-order valence-electron chi connectivity index (χ3n) is 2.67. The average Bonchev–Trinajstić information content (AvgIpc) is 2.41. The first kappa shape index (κ1) is 11.0. The number of esters is 1. The van der Waals surface area contributed by atoms with Crippen molar-refractivity contribution in [1.29, 1.82) is 0 Å². The van der Waals surface area contributed by atoms with Crippen LogP contribution >= 0.6 is 0 Å². The van der Waals surface area contributed by atoms with Gasteiger partial charge in [0.05, 0.1) is 6.61 Å². The molecule has 0 bridgehead atoms. The molecular weight excluding hydrogens is 180 g/mol. The fourth-order valence-electron chi connectivity index (χ4n) is 1.84. The van der Waals surface area contributed by atoms with Crippen LogP contribution < -0.4 is 0 Å². The number of carbonyl (C=O) groups is 2. The Bertz CT molecular complexity index is 278. The molecule has 0 radical (unpaired) electrons. The van der Waals surface area contributed by atoms with Crippen LogP contribution in [-0.4, -0.2) is 18.4 Å². The van der Waals surface area contributed by atoms with Crippen molar-refractivity contribution in [3.63, 3.8) is 0 Å². The molecular formula is C11H16O3. The maximum Gasteiger partial charge on any atom is 0.317 e. The fourth-order valence-corrected chi connectivity index (χ4v) is 1.84. The Balaban J connectivity index is 2.75. The van der Waals surface area contributed by atoms with Crippen molar-refractivity contribution < 1.29 is 14.3 Å². The normalized spacial score (nSPS) is 26.2. The van der Waals surface area contributed by atoms with Crippen LogP contribution in [0.1, 0.15) is 27.2 Å². The second-order valence-electron chi connectivity index (χ2n) is 3.49. The van der Waals surface area contributed by atoms with Crippen LogP contribution in [0.2, 0.25) is 0 Å². The van der Waals surface area contributed by atoms with Crippen LogP contribution in [0.25, 0.3) is 0 Å². The van der Waals surface area contributed by atoms with Crippen molar-refractivity contribution in [2.45, 2.75) is 27.2 Å². The number of hydrogen-bond donors (Lipinski definition) is 0. The lowest BCUT2D eigenvalue weighted by Crippen LogP contribution is -2.27. The summed E-state index contributed by atoms with van der Waals surface area (Å²) >= 11 is 0. The summed E-state index contributed by atoms with van der Waals surface area (Å²) in [7, 11) is 0. The number of allylic oxidation sites excluding steroid dienone is 2. The van der Waals surface area contributed by atoms with E-state index in [1.165, 1.54) is 0 Å². The third-order valence-corrected chi connectivity index (χ3v) is 2.67. The molecule has 0 aromatic carbocycles. The Labute approximate surface area is 84.1 Å². The third kappa shape index (κ3) is 1.86. The number of ketones is 1. The number of hydrogen-bond acceptors (Lipinski definition) is 3. The molecule has 0 spiro atoms. The number of carbonyl (C=O) groups excluding carboxylic acids is 2. The van der Waals surface area contributed by atoms with E-state index < -0.39 is 5.92 Å². The van der Waals surface area contributed by atoms with Gasteiger partial charge in [0.1, 0.15) is 5.92 Å². The quantitative estimate of drug-likeness (QED) is 0.510. The average molecular weight is 196 g/mol. The minimum atomic E-state index is -0.593. The molecule has 0 aromatic heterocycles. The van der Waals surface area contributed by atoms with Gasteiger partial charge in [0.2, 0.25) is 0 Å². The zero-order valence-corrected chi connectivity index (χ0v) is 8.87. The van der Waals surface area contributed by atoms with E-state index in [-0.39, 0.29) is 17.7 Å². The molecule has 0 N–H and O–H groups in total. The Morgan fingerprint density at radius 1 is 1.50 bits per heavy atom. The van der Waals surface area contributed by atoms with E-state index in [4.69, 9.17) is 4.74 Å². The first-order valence-electron chi connectivity index (χ1n) is 5.02. The molecule has 0 saturated carbocycles. The standard InChI is InChI=1S/C11H16O3/c1-4-8-6-9(12)10(7(8)3)11(13)14-5-2/h6-7,10H,4-5H2,1-3H3/t7-,10+/m1/s1. The highest BCUT2D eigenvalue weighted by Crippen LogP contribution is 2.31. The lowest BCUT2D eigenvalue weighted by atomic mass is 9.91. The summed E-state index contributed by atoms with van der Waals surface area (Å²) in [4.78, 5) is 22.9. The summed E-state index contributed by atoms with van der Waals surface area (Å²) in [6.45, 7) is 5.97. The second kappa shape index (κ2) is 4.40. The zero-order chi connectivity index (χ0) is 10.7. The van der Waals surface area contributed by atoms with E-state index in [1.54, 1.807) is 13.0 Å². The largest absolute Gasteiger partial charge is 0.465 e. The van der Waals surface area contributed by atoms with Crippen molar-refractivity contribution >= 4 is 11.8 Å². The van der Waals surface area contributed by atoms with E-state index in [2.05, 4.69) is 0 Å². The molecule has 1 rings (SSSR count). The van der Waals surface area contributed by atoms with E-state index in [9.17, 15) is 9.59 Å². The van der Waals surface area contributed by atoms with Gasteiger partial charge in [-0.2, -0.15) is 0 Å². The topological polar surface area (TPSA) is 43.4 Å². The van der Waals surface area contributed by atoms with Crippen molar-refractivity contribution in [2.75, 3.05) is 6.61 Å². The lowest BCUT2D eigenvalue weighted by molar-refractivity contribution is -0.151. The van der Waals surface area contributed by atoms with E-state index >= 15 is 0 Å². The molecule has 0 aliphatic heterocycles. The molecule has 1 aliphatic carbocycles. The second-order valence-corrected chi connectivity index (χ2v) is 3.49. The van der Waals surface area contributed by atoms with Crippen LogP contribution in [0.4, 0.5) is 0 Å². The predicted octanol–water partition coefficient (Wildman–Crippen LogP) is 1.72. The van der Waals surface area contributed by atoms with Gasteiger partial charge in [-0.15, -0.1) is 0 Å². The smallest absolute Gasteiger partial charge is 0.317 e. The van der Waals surface area contributed by atoms with Crippen LogP contribution in [0.3, 0.4) is 0 Å². The summed E-state index contributed by atoms with van der Waals surface area (Å²) in [6.07, 6.45) is 2.41. The van der Waals surface area contributed by atoms with Gasteiger partial charge in [-0.3, -0.25) is 9.59 Å². The summed E-state index contributed by atoms with van der Waals surface area (Å²) in [6, 6.07) is 0. The van der Waals surface area contributed by atoms with Crippen LogP contribution in [-0.2, 0) is 14.3 Å². The molecule has 1 aliphatic rings. The Hall–Kier alpha value is -1.12. The van der Waals surface area contributed by atoms with Gasteiger partial charge in [-0.1, -0.05) is 19.4 Å². The monoisotopic (exact) mass is 196 g/mol. The van der Waals surface area contributed by atoms with Crippen molar-refractivity contribution in [1.82, 2.24) is 0 Å². The molecule has 0 unspecified atom stereocenters. The molecule has 78 valence electrons. The fraction of sp³-hybridized carbons (Fsp3) is 0.636. The Morgan fingerprint density at radius 2 is 2.14 bits per heavy atom. The van der Waals surface area contributed by atoms with Gasteiger partial charge in [-0.05, 0) is 25.3 Å². The SMILES string of the molecule is CCOC(=O)[C@@H]1C(=O)C=C(CC)[C@H]1C. The number of rotatable bonds is 3. The van der Waals surface area contributed by atoms with Crippen LogP contribution in [0.15, 0.2) is 11.6 Å². The molecule has 0 aromatic rings. The first-order chi connectivity index (χ1) is 6.61. The zero-order valence-electron chi connectivity index (χ0n) is 8.87. The Kier molecular flexibility index (Phi) is 3.44. The van der Waals surface area contributed by atoms with Crippen molar-refractivity contribution in [3.05, 3.63) is 11.6 Å². The summed E-state index contributed by atoms with van der Waals surface area (Å²) < 4.78 is 4.87. The van der Waals surface area contributed by atoms with Gasteiger partial charge in [0, 0.05) is 0 Å². The molecule has 0 heterocycles. The number of ether oxygens (including phenoxy) is 1. The minimum absolute atomic E-state index is 0.00606. The molecule has 0 saturated heterocycles. The van der Waals surface area contributed by atoms with Crippen LogP contribution in [0.5, 0.6) is 0 Å². The highest BCUT2D eigenvalue weighted by molar-refractivity contribution is 6.08. The molecule has 0 amide bonds. The highest BCUT2D eigenvalue weighted by Gasteiger charge is 2.38. The van der Waals surface area contributed by atoms with Gasteiger partial charge in [-0.25, -0.2) is 0 Å². The molecule has 3 heteroatoms. The van der Waals surface area contributed by atoms with Gasteiger partial charge < -0.3 is 4.74 Å². The minimum Gasteiger partial charge on any atom is -0.465 e. The Morgan fingerprint density at radius 3 is 2.57 bits per heavy atom. The molecule has 3 nitrogen and oxygen atoms in total. The molecule has 0 fully saturated rings. The van der Waals surface area contributed by atoms with E-state index in [0.717, 1.165) is 12.0 Å². The summed E-state index contributed by atoms with van der Waals surface area (Å²) in [5.41, 5.74) is 1.05. The highest BCUT2D eigenvalue weighted by atomic mass is 16.5. The maximum atomic E-state index is 11.5. The van der Waals surface area contributed by atoms with E-state index in [0.29, 0.717) is 6.61 Å². The van der Waals surface area contributed by atoms with Crippen molar-refractivity contribution in [2.24, 2.45) is 11.8 Å². The van der Waals surface area contributed by atoms with E-state index in [1.807, 2.05) is 13.8 Å². The molecule has 14 heavy (non-hydrogen) atoms. The van der Waals surface area contributed by atoms with Crippen LogP contribution in [0, 0.1) is 11.8 Å². The first-order valence-corrected chi connectivity index (χ1v) is 5.02. The van der Waals surface area contributed by atoms with Gasteiger partial charge in [0.15, 0.2) is 5.78 Å². The van der Waals surface area contributed by atoms with Crippen molar-refractivity contribution in [3.8, 4) is 0 Å². The molecule has 2 atom stereocenters. The van der Waals surface area contributed by atoms with Gasteiger partial charge in [0.25, 0.3) is 0 Å².